The van der Waals surface area contributed by atoms with Crippen molar-refractivity contribution in [3.8, 4) is 0 Å². The molecule has 0 spiro atoms. The molecule has 2 atom stereocenters. The molecule has 0 amide bonds. The van der Waals surface area contributed by atoms with Gasteiger partial charge in [0.2, 0.25) is 0 Å². The number of benzene rings is 2. The molecule has 0 bridgehead atoms. The Morgan fingerprint density at radius 2 is 2.00 bits per heavy atom. The van der Waals surface area contributed by atoms with Crippen molar-refractivity contribution in [1.82, 2.24) is 0 Å². The zero-order chi connectivity index (χ0) is 14.1. The molecule has 2 unspecified atom stereocenters. The number of rotatable bonds is 3. The number of hydrogen-bond donors (Lipinski definition) is 1. The average molecular weight is 283 g/mol. The third-order valence-corrected chi connectivity index (χ3v) is 5.42. The molecule has 1 nitrogen and oxygen atoms in total. The van der Waals surface area contributed by atoms with Crippen molar-refractivity contribution in [2.45, 2.75) is 37.1 Å². The van der Waals surface area contributed by atoms with Crippen LogP contribution in [0.5, 0.6) is 0 Å². The topological polar surface area (TPSA) is 26.0 Å². The molecule has 20 heavy (non-hydrogen) atoms. The van der Waals surface area contributed by atoms with E-state index in [4.69, 9.17) is 5.73 Å². The third kappa shape index (κ3) is 2.63. The summed E-state index contributed by atoms with van der Waals surface area (Å²) in [5.41, 5.74) is 12.0. The Hall–Kier alpha value is -1.25. The smallest absolute Gasteiger partial charge is 0.0157 e. The van der Waals surface area contributed by atoms with Gasteiger partial charge in [0.1, 0.15) is 0 Å². The van der Waals surface area contributed by atoms with Gasteiger partial charge in [0.05, 0.1) is 0 Å². The zero-order valence-electron chi connectivity index (χ0n) is 12.1. The van der Waals surface area contributed by atoms with E-state index in [0.29, 0.717) is 5.92 Å². The highest BCUT2D eigenvalue weighted by Crippen LogP contribution is 2.41. The van der Waals surface area contributed by atoms with Crippen LogP contribution in [0.3, 0.4) is 0 Å². The van der Waals surface area contributed by atoms with E-state index >= 15 is 0 Å². The summed E-state index contributed by atoms with van der Waals surface area (Å²) in [6.07, 6.45) is 0.965. The average Bonchev–Trinajstić information content (AvgIpc) is 2.87. The Balaban J connectivity index is 1.81. The molecule has 0 aromatic heterocycles. The summed E-state index contributed by atoms with van der Waals surface area (Å²) in [7, 11) is 0. The second-order valence-electron chi connectivity index (χ2n) is 5.75. The molecule has 2 aromatic carbocycles. The van der Waals surface area contributed by atoms with Gasteiger partial charge < -0.3 is 5.73 Å². The van der Waals surface area contributed by atoms with E-state index in [1.54, 1.807) is 0 Å². The molecule has 104 valence electrons. The Bertz CT molecular complexity index is 621. The van der Waals surface area contributed by atoms with Crippen LogP contribution < -0.4 is 5.73 Å². The van der Waals surface area contributed by atoms with Crippen LogP contribution in [0.1, 0.15) is 28.2 Å². The van der Waals surface area contributed by atoms with Crippen molar-refractivity contribution in [3.63, 3.8) is 0 Å². The maximum atomic E-state index is 6.53. The predicted octanol–water partition coefficient (Wildman–Crippen LogP) is 4.06. The Labute approximate surface area is 125 Å². The second kappa shape index (κ2) is 5.63. The molecule has 0 saturated carbocycles. The van der Waals surface area contributed by atoms with Crippen LogP contribution in [0, 0.1) is 13.8 Å². The fourth-order valence-electron chi connectivity index (χ4n) is 2.96. The van der Waals surface area contributed by atoms with Crippen LogP contribution in [0.25, 0.3) is 0 Å². The van der Waals surface area contributed by atoms with Gasteiger partial charge in [0.15, 0.2) is 0 Å². The molecular weight excluding hydrogens is 262 g/mol. The van der Waals surface area contributed by atoms with Crippen LogP contribution >= 0.6 is 11.8 Å². The van der Waals surface area contributed by atoms with Gasteiger partial charge in [-0.25, -0.2) is 0 Å². The van der Waals surface area contributed by atoms with Crippen LogP contribution in [-0.4, -0.2) is 11.8 Å². The van der Waals surface area contributed by atoms with Gasteiger partial charge in [-0.15, -0.1) is 11.8 Å². The monoisotopic (exact) mass is 283 g/mol. The summed E-state index contributed by atoms with van der Waals surface area (Å²) in [5, 5.41) is 0. The maximum Gasteiger partial charge on any atom is 0.0157 e. The highest BCUT2D eigenvalue weighted by molar-refractivity contribution is 7.99. The van der Waals surface area contributed by atoms with Crippen molar-refractivity contribution in [2.75, 3.05) is 5.75 Å². The molecule has 3 rings (SSSR count). The second-order valence-corrected chi connectivity index (χ2v) is 6.82. The van der Waals surface area contributed by atoms with Crippen LogP contribution in [-0.2, 0) is 6.42 Å². The Morgan fingerprint density at radius 1 is 1.20 bits per heavy atom. The number of thioether (sulfide) groups is 1. The fraction of sp³-hybridized carbons (Fsp3) is 0.333. The van der Waals surface area contributed by atoms with Gasteiger partial charge in [-0.1, -0.05) is 42.0 Å². The molecule has 2 N–H and O–H groups in total. The third-order valence-electron chi connectivity index (χ3n) is 4.21. The number of aryl methyl sites for hydroxylation is 2. The normalized spacial score (nSPS) is 18.9. The van der Waals surface area contributed by atoms with Gasteiger partial charge in [-0.05, 0) is 43.0 Å². The largest absolute Gasteiger partial charge is 0.327 e. The Kier molecular flexibility index (Phi) is 3.86. The lowest BCUT2D eigenvalue weighted by molar-refractivity contribution is 0.570. The van der Waals surface area contributed by atoms with E-state index in [2.05, 4.69) is 56.3 Å². The fourth-order valence-corrected chi connectivity index (χ4v) is 4.30. The first kappa shape index (κ1) is 13.7. The molecule has 2 aromatic rings. The zero-order valence-corrected chi connectivity index (χ0v) is 12.9. The molecule has 1 aliphatic rings. The molecule has 0 fully saturated rings. The van der Waals surface area contributed by atoms with Crippen molar-refractivity contribution >= 4 is 11.8 Å². The lowest BCUT2D eigenvalue weighted by Crippen LogP contribution is -2.31. The first-order chi connectivity index (χ1) is 9.65. The minimum absolute atomic E-state index is 0.201. The van der Waals surface area contributed by atoms with Gasteiger partial charge >= 0.3 is 0 Å². The van der Waals surface area contributed by atoms with Crippen molar-refractivity contribution in [1.29, 1.82) is 0 Å². The van der Waals surface area contributed by atoms with Crippen LogP contribution in [0.4, 0.5) is 0 Å². The van der Waals surface area contributed by atoms with Crippen molar-refractivity contribution in [2.24, 2.45) is 5.73 Å². The maximum absolute atomic E-state index is 6.53. The van der Waals surface area contributed by atoms with E-state index in [0.717, 1.165) is 12.2 Å². The summed E-state index contributed by atoms with van der Waals surface area (Å²) in [6, 6.07) is 15.6. The Morgan fingerprint density at radius 3 is 2.85 bits per heavy atom. The van der Waals surface area contributed by atoms with Gasteiger partial charge in [0, 0.05) is 22.6 Å². The summed E-state index contributed by atoms with van der Waals surface area (Å²) in [5.74, 6) is 1.60. The molecule has 0 radical (unpaired) electrons. The highest BCUT2D eigenvalue weighted by Gasteiger charge is 2.28. The number of fused-ring (bicyclic) bond motifs is 1. The summed E-state index contributed by atoms with van der Waals surface area (Å²) >= 11 is 1.94. The molecular formula is C18H21NS. The first-order valence-electron chi connectivity index (χ1n) is 7.18. The molecule has 0 aliphatic carbocycles. The molecule has 1 aliphatic heterocycles. The van der Waals surface area contributed by atoms with Crippen molar-refractivity contribution < 1.29 is 0 Å². The minimum atomic E-state index is 0.201. The van der Waals surface area contributed by atoms with E-state index < -0.39 is 0 Å². The van der Waals surface area contributed by atoms with Crippen LogP contribution in [0.15, 0.2) is 47.4 Å². The molecule has 0 saturated heterocycles. The van der Waals surface area contributed by atoms with Crippen molar-refractivity contribution in [3.05, 3.63) is 64.7 Å². The predicted molar refractivity (Wildman–Crippen MR) is 87.5 cm³/mol. The standard InChI is InChI=1S/C18H21NS/c1-12-7-8-13(2)14(9-12)10-17(19)16-11-20-18-6-4-3-5-15(16)18/h3-9,16-17H,10-11,19H2,1-2H3. The molecule has 2 heteroatoms. The SMILES string of the molecule is Cc1ccc(C)c(CC(N)C2CSc3ccccc32)c1. The van der Waals surface area contributed by atoms with E-state index in [-0.39, 0.29) is 6.04 Å². The van der Waals surface area contributed by atoms with E-state index in [9.17, 15) is 0 Å². The molecule has 1 heterocycles. The van der Waals surface area contributed by atoms with Gasteiger partial charge in [-0.2, -0.15) is 0 Å². The van der Waals surface area contributed by atoms with E-state index in [1.165, 1.54) is 27.1 Å². The quantitative estimate of drug-likeness (QED) is 0.919. The summed E-state index contributed by atoms with van der Waals surface area (Å²) in [6.45, 7) is 4.33. The highest BCUT2D eigenvalue weighted by atomic mass is 32.2. The lowest BCUT2D eigenvalue weighted by atomic mass is 9.88. The minimum Gasteiger partial charge on any atom is -0.327 e. The summed E-state index contributed by atoms with van der Waals surface area (Å²) in [4.78, 5) is 1.41. The number of hydrogen-bond acceptors (Lipinski definition) is 2. The first-order valence-corrected chi connectivity index (χ1v) is 8.17. The summed E-state index contributed by atoms with van der Waals surface area (Å²) < 4.78 is 0. The lowest BCUT2D eigenvalue weighted by Gasteiger charge is -2.21. The number of nitrogens with two attached hydrogens (primary N) is 1. The van der Waals surface area contributed by atoms with Gasteiger partial charge in [0.25, 0.3) is 0 Å². The van der Waals surface area contributed by atoms with E-state index in [1.807, 2.05) is 11.8 Å². The van der Waals surface area contributed by atoms with Gasteiger partial charge in [-0.3, -0.25) is 0 Å². The van der Waals surface area contributed by atoms with Crippen LogP contribution in [0.2, 0.25) is 0 Å².